The van der Waals surface area contributed by atoms with Gasteiger partial charge in [0, 0.05) is 17.5 Å². The zero-order valence-corrected chi connectivity index (χ0v) is 15.7. The molecular weight excluding hydrogens is 342 g/mol. The van der Waals surface area contributed by atoms with Crippen molar-refractivity contribution < 1.29 is 19.1 Å². The first-order valence-corrected chi connectivity index (χ1v) is 8.88. The molecule has 0 saturated heterocycles. The van der Waals surface area contributed by atoms with Crippen molar-refractivity contribution in [2.24, 2.45) is 5.92 Å². The second-order valence-corrected chi connectivity index (χ2v) is 6.75. The number of ketones is 2. The van der Waals surface area contributed by atoms with Gasteiger partial charge in [-0.3, -0.25) is 9.59 Å². The molecule has 3 rings (SSSR count). The fourth-order valence-corrected chi connectivity index (χ4v) is 3.16. The molecule has 27 heavy (non-hydrogen) atoms. The first kappa shape index (κ1) is 18.7. The number of carbonyl (C=O) groups excluding carboxylic acids is 2. The molecule has 0 spiro atoms. The normalized spacial score (nSPS) is 15.4. The first-order valence-electron chi connectivity index (χ1n) is 8.88. The van der Waals surface area contributed by atoms with Crippen LogP contribution >= 0.6 is 0 Å². The van der Waals surface area contributed by atoms with Crippen LogP contribution in [0.5, 0.6) is 11.5 Å². The predicted molar refractivity (Wildman–Crippen MR) is 100 cm³/mol. The van der Waals surface area contributed by atoms with Gasteiger partial charge in [0.2, 0.25) is 0 Å². The standard InChI is InChI=1S/C22H21NO4/c1-13-9-14(2)15(3)20(10-13)27-8-4-7-26-16-5-6-17-18(11-16)22(25)19(12-23)21(17)24/h5-6,9-11,19H,4,7-8H2,1-3H3. The summed E-state index contributed by atoms with van der Waals surface area (Å²) < 4.78 is 11.5. The van der Waals surface area contributed by atoms with Gasteiger partial charge in [-0.15, -0.1) is 0 Å². The van der Waals surface area contributed by atoms with Crippen molar-refractivity contribution in [1.29, 1.82) is 5.26 Å². The maximum atomic E-state index is 12.1. The molecule has 0 bridgehead atoms. The molecule has 2 aromatic carbocycles. The number of nitrogens with zero attached hydrogens (tertiary/aromatic N) is 1. The number of rotatable bonds is 6. The maximum absolute atomic E-state index is 12.1. The van der Waals surface area contributed by atoms with Crippen molar-refractivity contribution in [2.45, 2.75) is 27.2 Å². The smallest absolute Gasteiger partial charge is 0.188 e. The molecule has 0 N–H and O–H groups in total. The van der Waals surface area contributed by atoms with Gasteiger partial charge in [0.15, 0.2) is 17.5 Å². The van der Waals surface area contributed by atoms with Crippen LogP contribution in [0, 0.1) is 38.0 Å². The lowest BCUT2D eigenvalue weighted by molar-refractivity contribution is 0.0876. The molecule has 5 nitrogen and oxygen atoms in total. The minimum atomic E-state index is -1.22. The van der Waals surface area contributed by atoms with Crippen LogP contribution in [-0.4, -0.2) is 24.8 Å². The lowest BCUT2D eigenvalue weighted by Crippen LogP contribution is -2.11. The number of fused-ring (bicyclic) bond motifs is 1. The molecule has 1 unspecified atom stereocenters. The van der Waals surface area contributed by atoms with Crippen LogP contribution in [0.4, 0.5) is 0 Å². The van der Waals surface area contributed by atoms with E-state index in [9.17, 15) is 9.59 Å². The van der Waals surface area contributed by atoms with Crippen LogP contribution in [0.2, 0.25) is 0 Å². The van der Waals surface area contributed by atoms with Gasteiger partial charge in [0.25, 0.3) is 0 Å². The fourth-order valence-electron chi connectivity index (χ4n) is 3.16. The average Bonchev–Trinajstić information content (AvgIpc) is 2.88. The van der Waals surface area contributed by atoms with Gasteiger partial charge >= 0.3 is 0 Å². The SMILES string of the molecule is Cc1cc(C)c(C)c(OCCCOc2ccc3c(c2)C(=O)C(C#N)C3=O)c1. The highest BCUT2D eigenvalue weighted by Crippen LogP contribution is 2.29. The van der Waals surface area contributed by atoms with Gasteiger partial charge in [-0.1, -0.05) is 6.07 Å². The minimum absolute atomic E-state index is 0.270. The van der Waals surface area contributed by atoms with Crippen molar-refractivity contribution in [3.05, 3.63) is 58.1 Å². The Morgan fingerprint density at radius 1 is 0.963 bits per heavy atom. The highest BCUT2D eigenvalue weighted by Gasteiger charge is 2.38. The highest BCUT2D eigenvalue weighted by atomic mass is 16.5. The Morgan fingerprint density at radius 3 is 2.41 bits per heavy atom. The molecule has 1 aliphatic rings. The molecule has 5 heteroatoms. The van der Waals surface area contributed by atoms with Gasteiger partial charge in [-0.2, -0.15) is 5.26 Å². The molecule has 138 valence electrons. The second-order valence-electron chi connectivity index (χ2n) is 6.75. The molecule has 0 saturated carbocycles. The summed E-state index contributed by atoms with van der Waals surface area (Å²) in [5.41, 5.74) is 4.07. The average molecular weight is 363 g/mol. The Bertz CT molecular complexity index is 956. The van der Waals surface area contributed by atoms with Crippen LogP contribution in [0.1, 0.15) is 43.8 Å². The molecular formula is C22H21NO4. The van der Waals surface area contributed by atoms with E-state index in [1.807, 2.05) is 19.9 Å². The number of carbonyl (C=O) groups is 2. The first-order chi connectivity index (χ1) is 12.9. The Labute approximate surface area is 158 Å². The second kappa shape index (κ2) is 7.63. The third-order valence-corrected chi connectivity index (χ3v) is 4.75. The van der Waals surface area contributed by atoms with Gasteiger partial charge in [-0.05, 0) is 61.7 Å². The van der Waals surface area contributed by atoms with Crippen LogP contribution in [-0.2, 0) is 0 Å². The Hall–Kier alpha value is -3.13. The largest absolute Gasteiger partial charge is 0.493 e. The van der Waals surface area contributed by atoms with E-state index in [-0.39, 0.29) is 5.56 Å². The van der Waals surface area contributed by atoms with E-state index >= 15 is 0 Å². The van der Waals surface area contributed by atoms with Crippen LogP contribution < -0.4 is 9.47 Å². The van der Waals surface area contributed by atoms with Crippen molar-refractivity contribution in [1.82, 2.24) is 0 Å². The van der Waals surface area contributed by atoms with Crippen molar-refractivity contribution in [3.8, 4) is 17.6 Å². The molecule has 0 radical (unpaired) electrons. The number of Topliss-reactive ketones (excluding diaryl/α,β-unsaturated/α-hetero) is 2. The number of ether oxygens (including phenoxy) is 2. The van der Waals surface area contributed by atoms with E-state index in [2.05, 4.69) is 13.0 Å². The quantitative estimate of drug-likeness (QED) is 0.573. The molecule has 1 atom stereocenters. The summed E-state index contributed by atoms with van der Waals surface area (Å²) in [5, 5.41) is 8.96. The molecule has 0 aliphatic heterocycles. The minimum Gasteiger partial charge on any atom is -0.493 e. The summed E-state index contributed by atoms with van der Waals surface area (Å²) in [7, 11) is 0. The van der Waals surface area contributed by atoms with E-state index in [1.54, 1.807) is 24.3 Å². The summed E-state index contributed by atoms with van der Waals surface area (Å²) in [6.45, 7) is 7.08. The van der Waals surface area contributed by atoms with E-state index in [0.29, 0.717) is 30.9 Å². The Balaban J connectivity index is 1.54. The summed E-state index contributed by atoms with van der Waals surface area (Å²) in [6, 6.07) is 10.7. The van der Waals surface area contributed by atoms with Crippen molar-refractivity contribution in [2.75, 3.05) is 13.2 Å². The lowest BCUT2D eigenvalue weighted by Gasteiger charge is -2.13. The number of hydrogen-bond acceptors (Lipinski definition) is 5. The van der Waals surface area contributed by atoms with Gasteiger partial charge in [0.1, 0.15) is 11.5 Å². The monoisotopic (exact) mass is 363 g/mol. The molecule has 0 aromatic heterocycles. The molecule has 0 amide bonds. The van der Waals surface area contributed by atoms with E-state index < -0.39 is 17.5 Å². The number of aryl methyl sites for hydroxylation is 2. The van der Waals surface area contributed by atoms with E-state index in [4.69, 9.17) is 14.7 Å². The zero-order valence-electron chi connectivity index (χ0n) is 15.7. The summed E-state index contributed by atoms with van der Waals surface area (Å²) in [6.07, 6.45) is 0.678. The van der Waals surface area contributed by atoms with Crippen molar-refractivity contribution in [3.63, 3.8) is 0 Å². The Kier molecular flexibility index (Phi) is 5.27. The number of nitriles is 1. The molecule has 0 fully saturated rings. The van der Waals surface area contributed by atoms with E-state index in [0.717, 1.165) is 16.9 Å². The van der Waals surface area contributed by atoms with Crippen molar-refractivity contribution >= 4 is 11.6 Å². The summed E-state index contributed by atoms with van der Waals surface area (Å²) in [5.74, 6) is -0.699. The summed E-state index contributed by atoms with van der Waals surface area (Å²) >= 11 is 0. The molecule has 2 aromatic rings. The van der Waals surface area contributed by atoms with Gasteiger partial charge < -0.3 is 9.47 Å². The van der Waals surface area contributed by atoms with Crippen LogP contribution in [0.15, 0.2) is 30.3 Å². The van der Waals surface area contributed by atoms with E-state index in [1.165, 1.54) is 5.56 Å². The fraction of sp³-hybridized carbons (Fsp3) is 0.318. The van der Waals surface area contributed by atoms with Gasteiger partial charge in [0.05, 0.1) is 19.3 Å². The summed E-state index contributed by atoms with van der Waals surface area (Å²) in [4.78, 5) is 24.0. The third-order valence-electron chi connectivity index (χ3n) is 4.75. The third kappa shape index (κ3) is 3.70. The maximum Gasteiger partial charge on any atom is 0.188 e. The molecule has 1 aliphatic carbocycles. The van der Waals surface area contributed by atoms with Gasteiger partial charge in [-0.25, -0.2) is 0 Å². The zero-order chi connectivity index (χ0) is 19.6. The number of benzene rings is 2. The van der Waals surface area contributed by atoms with Crippen LogP contribution in [0.3, 0.4) is 0 Å². The lowest BCUT2D eigenvalue weighted by atomic mass is 10.1. The predicted octanol–water partition coefficient (Wildman–Crippen LogP) is 3.98. The highest BCUT2D eigenvalue weighted by molar-refractivity contribution is 6.28. The molecule has 0 heterocycles. The Morgan fingerprint density at radius 2 is 1.67 bits per heavy atom. The number of hydrogen-bond donors (Lipinski definition) is 0. The topological polar surface area (TPSA) is 76.4 Å². The van der Waals surface area contributed by atoms with Crippen LogP contribution in [0.25, 0.3) is 0 Å².